The molecular weight excluding hydrogens is 290 g/mol. The third kappa shape index (κ3) is 2.73. The van der Waals surface area contributed by atoms with Crippen molar-refractivity contribution in [2.24, 2.45) is 0 Å². The van der Waals surface area contributed by atoms with Crippen LogP contribution in [0.15, 0.2) is 45.4 Å². The van der Waals surface area contributed by atoms with Crippen LogP contribution in [0.1, 0.15) is 5.76 Å². The molecule has 0 aliphatic carbocycles. The monoisotopic (exact) mass is 303 g/mol. The van der Waals surface area contributed by atoms with Gasteiger partial charge in [0.15, 0.2) is 0 Å². The Kier molecular flexibility index (Phi) is 3.57. The Morgan fingerprint density at radius 1 is 1.48 bits per heavy atom. The third-order valence-corrected chi connectivity index (χ3v) is 4.03. The van der Waals surface area contributed by atoms with Crippen LogP contribution < -0.4 is 5.56 Å². The lowest BCUT2D eigenvalue weighted by Gasteiger charge is -2.16. The van der Waals surface area contributed by atoms with Gasteiger partial charge < -0.3 is 9.32 Å². The number of rotatable bonds is 4. The second kappa shape index (κ2) is 5.53. The summed E-state index contributed by atoms with van der Waals surface area (Å²) in [4.78, 5) is 30.1. The van der Waals surface area contributed by atoms with Gasteiger partial charge in [0, 0.05) is 7.05 Å². The molecule has 0 N–H and O–H groups in total. The molecule has 0 unspecified atom stereocenters. The number of furan rings is 1. The van der Waals surface area contributed by atoms with Crippen LogP contribution in [-0.4, -0.2) is 27.4 Å². The predicted octanol–water partition coefficient (Wildman–Crippen LogP) is 1.71. The molecule has 6 nitrogen and oxygen atoms in total. The molecule has 0 saturated carbocycles. The van der Waals surface area contributed by atoms with E-state index in [1.54, 1.807) is 31.5 Å². The maximum Gasteiger partial charge on any atom is 0.271 e. The second-order valence-electron chi connectivity index (χ2n) is 4.64. The number of carbonyl (C=O) groups is 1. The Hall–Kier alpha value is -2.41. The van der Waals surface area contributed by atoms with E-state index in [1.165, 1.54) is 27.1 Å². The van der Waals surface area contributed by atoms with Crippen molar-refractivity contribution in [1.29, 1.82) is 0 Å². The number of likely N-dealkylation sites (N-methyl/N-ethyl adjacent to an activating group) is 1. The maximum atomic E-state index is 12.2. The molecule has 3 heterocycles. The number of carbonyl (C=O) groups excluding carboxylic acids is 1. The number of nitrogens with zero attached hydrogens (tertiary/aromatic N) is 3. The molecule has 1 amide bonds. The highest BCUT2D eigenvalue weighted by atomic mass is 32.1. The molecule has 7 heteroatoms. The minimum Gasteiger partial charge on any atom is -0.467 e. The summed E-state index contributed by atoms with van der Waals surface area (Å²) in [6, 6.07) is 5.36. The summed E-state index contributed by atoms with van der Waals surface area (Å²) >= 11 is 1.33. The fourth-order valence-corrected chi connectivity index (χ4v) is 2.78. The van der Waals surface area contributed by atoms with Gasteiger partial charge in [0.1, 0.15) is 17.0 Å². The van der Waals surface area contributed by atoms with Crippen molar-refractivity contribution in [2.75, 3.05) is 7.05 Å². The first-order valence-electron chi connectivity index (χ1n) is 6.34. The van der Waals surface area contributed by atoms with E-state index in [0.29, 0.717) is 22.5 Å². The summed E-state index contributed by atoms with van der Waals surface area (Å²) in [5.74, 6) is 0.524. The van der Waals surface area contributed by atoms with Gasteiger partial charge in [0.25, 0.3) is 5.56 Å². The molecule has 0 fully saturated rings. The van der Waals surface area contributed by atoms with E-state index < -0.39 is 0 Å². The minimum absolute atomic E-state index is 0.0309. The summed E-state index contributed by atoms with van der Waals surface area (Å²) in [7, 11) is 1.67. The zero-order chi connectivity index (χ0) is 14.8. The highest BCUT2D eigenvalue weighted by Crippen LogP contribution is 2.13. The molecule has 0 bridgehead atoms. The molecular formula is C14H13N3O3S. The summed E-state index contributed by atoms with van der Waals surface area (Å²) in [6.45, 7) is 0.339. The Morgan fingerprint density at radius 3 is 3.10 bits per heavy atom. The quantitative estimate of drug-likeness (QED) is 0.736. The first-order valence-corrected chi connectivity index (χ1v) is 7.22. The number of fused-ring (bicyclic) bond motifs is 1. The fraction of sp³-hybridized carbons (Fsp3) is 0.214. The van der Waals surface area contributed by atoms with Crippen LogP contribution in [0.4, 0.5) is 0 Å². The van der Waals surface area contributed by atoms with E-state index in [4.69, 9.17) is 4.42 Å². The van der Waals surface area contributed by atoms with E-state index in [0.717, 1.165) is 0 Å². The van der Waals surface area contributed by atoms with Crippen LogP contribution in [0.25, 0.3) is 10.2 Å². The Balaban J connectivity index is 1.76. The Labute approximate surface area is 124 Å². The molecule has 0 saturated heterocycles. The SMILES string of the molecule is CN(Cc1ccco1)C(=O)Cn1cnc2ccsc2c1=O. The molecule has 0 atom stereocenters. The van der Waals surface area contributed by atoms with Gasteiger partial charge >= 0.3 is 0 Å². The zero-order valence-corrected chi connectivity index (χ0v) is 12.2. The van der Waals surface area contributed by atoms with E-state index >= 15 is 0 Å². The van der Waals surface area contributed by atoms with Crippen LogP contribution in [0.2, 0.25) is 0 Å². The summed E-state index contributed by atoms with van der Waals surface area (Å²) < 4.78 is 7.10. The van der Waals surface area contributed by atoms with Crippen molar-refractivity contribution in [3.63, 3.8) is 0 Å². The molecule has 108 valence electrons. The predicted molar refractivity (Wildman–Crippen MR) is 79.1 cm³/mol. The fourth-order valence-electron chi connectivity index (χ4n) is 1.98. The second-order valence-corrected chi connectivity index (χ2v) is 5.56. The van der Waals surface area contributed by atoms with Crippen LogP contribution in [0, 0.1) is 0 Å². The molecule has 3 aromatic heterocycles. The lowest BCUT2D eigenvalue weighted by molar-refractivity contribution is -0.131. The first-order chi connectivity index (χ1) is 10.1. The highest BCUT2D eigenvalue weighted by Gasteiger charge is 2.13. The van der Waals surface area contributed by atoms with Gasteiger partial charge in [-0.3, -0.25) is 14.2 Å². The van der Waals surface area contributed by atoms with Crippen LogP contribution in [0.5, 0.6) is 0 Å². The average Bonchev–Trinajstić information content (AvgIpc) is 3.12. The molecule has 21 heavy (non-hydrogen) atoms. The van der Waals surface area contributed by atoms with Gasteiger partial charge in [-0.1, -0.05) is 0 Å². The topological polar surface area (TPSA) is 68.3 Å². The van der Waals surface area contributed by atoms with Crippen molar-refractivity contribution in [3.8, 4) is 0 Å². The van der Waals surface area contributed by atoms with Crippen molar-refractivity contribution in [1.82, 2.24) is 14.5 Å². The average molecular weight is 303 g/mol. The molecule has 0 aromatic carbocycles. The van der Waals surface area contributed by atoms with Gasteiger partial charge in [0.2, 0.25) is 5.91 Å². The lowest BCUT2D eigenvalue weighted by Crippen LogP contribution is -2.33. The van der Waals surface area contributed by atoms with Crippen LogP contribution in [0.3, 0.4) is 0 Å². The molecule has 0 aliphatic heterocycles. The van der Waals surface area contributed by atoms with Gasteiger partial charge in [-0.25, -0.2) is 4.98 Å². The molecule has 0 spiro atoms. The van der Waals surface area contributed by atoms with Gasteiger partial charge in [0.05, 0.1) is 24.7 Å². The van der Waals surface area contributed by atoms with Gasteiger partial charge in [-0.2, -0.15) is 0 Å². The molecule has 0 aliphatic rings. The Bertz CT molecular complexity index is 819. The normalized spacial score (nSPS) is 10.9. The van der Waals surface area contributed by atoms with Crippen molar-refractivity contribution < 1.29 is 9.21 Å². The van der Waals surface area contributed by atoms with Gasteiger partial charge in [-0.15, -0.1) is 11.3 Å². The minimum atomic E-state index is -0.185. The van der Waals surface area contributed by atoms with E-state index in [1.807, 2.05) is 5.38 Å². The lowest BCUT2D eigenvalue weighted by atomic mass is 10.4. The number of thiophene rings is 1. The number of amides is 1. The molecule has 3 aromatic rings. The molecule has 0 radical (unpaired) electrons. The number of hydrogen-bond donors (Lipinski definition) is 0. The first kappa shape index (κ1) is 13.6. The van der Waals surface area contributed by atoms with Crippen molar-refractivity contribution >= 4 is 27.5 Å². The summed E-state index contributed by atoms with van der Waals surface area (Å²) in [6.07, 6.45) is 2.98. The van der Waals surface area contributed by atoms with Crippen molar-refractivity contribution in [3.05, 3.63) is 52.3 Å². The standard InChI is InChI=1S/C14H13N3O3S/c1-16(7-10-3-2-5-20-10)12(18)8-17-9-15-11-4-6-21-13(11)14(17)19/h2-6,9H,7-8H2,1H3. The van der Waals surface area contributed by atoms with Crippen LogP contribution >= 0.6 is 11.3 Å². The van der Waals surface area contributed by atoms with E-state index in [2.05, 4.69) is 4.98 Å². The molecule has 3 rings (SSSR count). The smallest absolute Gasteiger partial charge is 0.271 e. The largest absolute Gasteiger partial charge is 0.467 e. The maximum absolute atomic E-state index is 12.2. The zero-order valence-electron chi connectivity index (χ0n) is 11.4. The Morgan fingerprint density at radius 2 is 2.33 bits per heavy atom. The summed E-state index contributed by atoms with van der Waals surface area (Å²) in [5.41, 5.74) is 0.479. The number of hydrogen-bond acceptors (Lipinski definition) is 5. The summed E-state index contributed by atoms with van der Waals surface area (Å²) in [5, 5.41) is 1.81. The van der Waals surface area contributed by atoms with E-state index in [-0.39, 0.29) is 18.0 Å². The number of aromatic nitrogens is 2. The van der Waals surface area contributed by atoms with Crippen LogP contribution in [-0.2, 0) is 17.9 Å². The van der Waals surface area contributed by atoms with E-state index in [9.17, 15) is 9.59 Å². The third-order valence-electron chi connectivity index (χ3n) is 3.14. The van der Waals surface area contributed by atoms with Crippen molar-refractivity contribution in [2.45, 2.75) is 13.1 Å². The van der Waals surface area contributed by atoms with Gasteiger partial charge in [-0.05, 0) is 23.6 Å². The highest BCUT2D eigenvalue weighted by molar-refractivity contribution is 7.17.